The molecule has 1 saturated carbocycles. The largest absolute Gasteiger partial charge is 0.349 e. The molecule has 30 heavy (non-hydrogen) atoms. The van der Waals surface area contributed by atoms with Gasteiger partial charge in [0.1, 0.15) is 11.6 Å². The van der Waals surface area contributed by atoms with Crippen molar-refractivity contribution >= 4 is 5.91 Å². The SMILES string of the molecule is CC(C)c1ncc[nH]1.O=C(NC1CCCCC1)c1ccc(-c2cccc(F)c2)nc1. The van der Waals surface area contributed by atoms with Crippen molar-refractivity contribution in [3.05, 3.63) is 72.2 Å². The van der Waals surface area contributed by atoms with Gasteiger partial charge in [0.25, 0.3) is 5.91 Å². The topological polar surface area (TPSA) is 70.7 Å². The summed E-state index contributed by atoms with van der Waals surface area (Å²) in [4.78, 5) is 23.6. The summed E-state index contributed by atoms with van der Waals surface area (Å²) in [6.45, 7) is 4.22. The molecule has 0 bridgehead atoms. The van der Waals surface area contributed by atoms with Gasteiger partial charge >= 0.3 is 0 Å². The van der Waals surface area contributed by atoms with E-state index in [1.54, 1.807) is 36.7 Å². The molecule has 1 aromatic carbocycles. The van der Waals surface area contributed by atoms with Crippen molar-refractivity contribution in [2.45, 2.75) is 57.9 Å². The Labute approximate surface area is 177 Å². The predicted molar refractivity (Wildman–Crippen MR) is 117 cm³/mol. The molecule has 5 nitrogen and oxygen atoms in total. The molecule has 0 radical (unpaired) electrons. The number of aromatic amines is 1. The third-order valence-electron chi connectivity index (χ3n) is 5.15. The quantitative estimate of drug-likeness (QED) is 0.600. The Morgan fingerprint density at radius 1 is 1.13 bits per heavy atom. The van der Waals surface area contributed by atoms with Gasteiger partial charge in [0.2, 0.25) is 0 Å². The van der Waals surface area contributed by atoms with Crippen LogP contribution in [-0.4, -0.2) is 26.9 Å². The number of pyridine rings is 1. The summed E-state index contributed by atoms with van der Waals surface area (Å²) in [7, 11) is 0. The molecule has 2 N–H and O–H groups in total. The average Bonchev–Trinajstić information content (AvgIpc) is 3.31. The zero-order valence-electron chi connectivity index (χ0n) is 17.6. The highest BCUT2D eigenvalue weighted by molar-refractivity contribution is 5.94. The second kappa shape index (κ2) is 10.7. The van der Waals surface area contributed by atoms with Gasteiger partial charge in [0.15, 0.2) is 0 Å². The number of H-pyrrole nitrogens is 1. The molecule has 0 atom stereocenters. The van der Waals surface area contributed by atoms with Gasteiger partial charge in [0.05, 0.1) is 11.3 Å². The van der Waals surface area contributed by atoms with Crippen molar-refractivity contribution in [2.24, 2.45) is 0 Å². The molecule has 2 aromatic heterocycles. The van der Waals surface area contributed by atoms with Gasteiger partial charge in [-0.15, -0.1) is 0 Å². The number of carbonyl (C=O) groups excluding carboxylic acids is 1. The predicted octanol–water partition coefficient (Wildman–Crippen LogP) is 5.48. The molecular weight excluding hydrogens is 379 g/mol. The molecule has 1 amide bonds. The third-order valence-corrected chi connectivity index (χ3v) is 5.15. The normalized spacial score (nSPS) is 14.1. The van der Waals surface area contributed by atoms with Gasteiger partial charge in [-0.2, -0.15) is 0 Å². The van der Waals surface area contributed by atoms with E-state index in [2.05, 4.69) is 34.1 Å². The van der Waals surface area contributed by atoms with Gasteiger partial charge in [-0.1, -0.05) is 45.2 Å². The number of hydrogen-bond donors (Lipinski definition) is 2. The smallest absolute Gasteiger partial charge is 0.253 e. The first-order valence-electron chi connectivity index (χ1n) is 10.5. The number of hydrogen-bond acceptors (Lipinski definition) is 3. The monoisotopic (exact) mass is 408 g/mol. The summed E-state index contributed by atoms with van der Waals surface area (Å²) < 4.78 is 13.2. The number of aromatic nitrogens is 3. The lowest BCUT2D eigenvalue weighted by molar-refractivity contribution is 0.0927. The summed E-state index contributed by atoms with van der Waals surface area (Å²) in [6, 6.07) is 10.1. The first-order chi connectivity index (χ1) is 14.5. The molecular formula is C24H29FN4O. The zero-order valence-corrected chi connectivity index (χ0v) is 17.6. The fourth-order valence-electron chi connectivity index (χ4n) is 3.46. The van der Waals surface area contributed by atoms with Crippen molar-refractivity contribution in [3.8, 4) is 11.3 Å². The summed E-state index contributed by atoms with van der Waals surface area (Å²) in [5.74, 6) is 1.21. The van der Waals surface area contributed by atoms with E-state index in [1.165, 1.54) is 31.4 Å². The molecule has 2 heterocycles. The van der Waals surface area contributed by atoms with Gasteiger partial charge in [-0.25, -0.2) is 9.37 Å². The van der Waals surface area contributed by atoms with E-state index < -0.39 is 0 Å². The molecule has 158 valence electrons. The number of amides is 1. The van der Waals surface area contributed by atoms with E-state index in [0.717, 1.165) is 18.7 Å². The molecule has 1 aliphatic rings. The second-order valence-electron chi connectivity index (χ2n) is 7.88. The molecule has 0 spiro atoms. The number of carbonyl (C=O) groups is 1. The number of imidazole rings is 1. The maximum atomic E-state index is 13.2. The Balaban J connectivity index is 0.000000269. The van der Waals surface area contributed by atoms with Crippen LogP contribution in [0.4, 0.5) is 4.39 Å². The van der Waals surface area contributed by atoms with Crippen LogP contribution in [0.15, 0.2) is 55.0 Å². The Morgan fingerprint density at radius 2 is 1.93 bits per heavy atom. The zero-order chi connectivity index (χ0) is 21.3. The van der Waals surface area contributed by atoms with Crippen LogP contribution >= 0.6 is 0 Å². The Morgan fingerprint density at radius 3 is 2.50 bits per heavy atom. The summed E-state index contributed by atoms with van der Waals surface area (Å²) in [6.07, 6.45) is 10.9. The molecule has 0 aliphatic heterocycles. The maximum Gasteiger partial charge on any atom is 0.253 e. The Bertz CT molecular complexity index is 917. The van der Waals surface area contributed by atoms with E-state index >= 15 is 0 Å². The standard InChI is InChI=1S/C18H19FN2O.C6H10N2/c19-15-6-4-5-13(11-15)17-10-9-14(12-20-17)18(22)21-16-7-2-1-3-8-16;1-5(2)6-7-3-4-8-6/h4-6,9-12,16H,1-3,7-8H2,(H,21,22);3-5H,1-2H3,(H,7,8). The lowest BCUT2D eigenvalue weighted by Gasteiger charge is -2.22. The minimum absolute atomic E-state index is 0.0785. The fraction of sp³-hybridized carbons (Fsp3) is 0.375. The van der Waals surface area contributed by atoms with Crippen LogP contribution in [0.1, 0.15) is 68.1 Å². The molecule has 3 aromatic rings. The highest BCUT2D eigenvalue weighted by atomic mass is 19.1. The Kier molecular flexibility index (Phi) is 7.71. The summed E-state index contributed by atoms with van der Waals surface area (Å²) in [5, 5.41) is 3.06. The lowest BCUT2D eigenvalue weighted by atomic mass is 9.95. The molecule has 0 unspecified atom stereocenters. The van der Waals surface area contributed by atoms with Crippen LogP contribution in [0.5, 0.6) is 0 Å². The highest BCUT2D eigenvalue weighted by Gasteiger charge is 2.16. The number of halogens is 1. The first kappa shape index (κ1) is 21.7. The minimum atomic E-state index is -0.293. The van der Waals surface area contributed by atoms with Crippen molar-refractivity contribution < 1.29 is 9.18 Å². The second-order valence-corrected chi connectivity index (χ2v) is 7.88. The number of rotatable bonds is 4. The summed E-state index contributed by atoms with van der Waals surface area (Å²) in [5.41, 5.74) is 1.92. The molecule has 6 heteroatoms. The average molecular weight is 409 g/mol. The Hall–Kier alpha value is -3.02. The van der Waals surface area contributed by atoms with Crippen LogP contribution in [0, 0.1) is 5.82 Å². The first-order valence-corrected chi connectivity index (χ1v) is 10.5. The van der Waals surface area contributed by atoms with Gasteiger partial charge in [-0.05, 0) is 37.1 Å². The number of benzene rings is 1. The van der Waals surface area contributed by atoms with Gasteiger partial charge in [-0.3, -0.25) is 9.78 Å². The highest BCUT2D eigenvalue weighted by Crippen LogP contribution is 2.19. The lowest BCUT2D eigenvalue weighted by Crippen LogP contribution is -2.36. The van der Waals surface area contributed by atoms with E-state index in [1.807, 2.05) is 6.20 Å². The van der Waals surface area contributed by atoms with Crippen LogP contribution in [0.25, 0.3) is 11.3 Å². The van der Waals surface area contributed by atoms with Crippen molar-refractivity contribution in [2.75, 3.05) is 0 Å². The fourth-order valence-corrected chi connectivity index (χ4v) is 3.46. The van der Waals surface area contributed by atoms with Gasteiger partial charge in [0, 0.05) is 36.1 Å². The molecule has 1 aliphatic carbocycles. The van der Waals surface area contributed by atoms with E-state index in [0.29, 0.717) is 22.7 Å². The van der Waals surface area contributed by atoms with E-state index in [-0.39, 0.29) is 17.8 Å². The third kappa shape index (κ3) is 6.24. The summed E-state index contributed by atoms with van der Waals surface area (Å²) >= 11 is 0. The minimum Gasteiger partial charge on any atom is -0.349 e. The number of nitrogens with one attached hydrogen (secondary N) is 2. The molecule has 4 rings (SSSR count). The van der Waals surface area contributed by atoms with Crippen LogP contribution < -0.4 is 5.32 Å². The van der Waals surface area contributed by atoms with Crippen LogP contribution in [0.3, 0.4) is 0 Å². The van der Waals surface area contributed by atoms with Gasteiger partial charge < -0.3 is 10.3 Å². The van der Waals surface area contributed by atoms with Crippen molar-refractivity contribution in [3.63, 3.8) is 0 Å². The molecule has 0 saturated heterocycles. The van der Waals surface area contributed by atoms with Crippen molar-refractivity contribution in [1.29, 1.82) is 0 Å². The van der Waals surface area contributed by atoms with Crippen LogP contribution in [0.2, 0.25) is 0 Å². The molecule has 1 fully saturated rings. The van der Waals surface area contributed by atoms with E-state index in [4.69, 9.17) is 0 Å². The van der Waals surface area contributed by atoms with Crippen molar-refractivity contribution in [1.82, 2.24) is 20.3 Å². The number of nitrogens with zero attached hydrogens (tertiary/aromatic N) is 2. The van der Waals surface area contributed by atoms with E-state index in [9.17, 15) is 9.18 Å². The van der Waals surface area contributed by atoms with Crippen LogP contribution in [-0.2, 0) is 0 Å². The maximum absolute atomic E-state index is 13.2.